The maximum atomic E-state index is 12.6. The van der Waals surface area contributed by atoms with Crippen LogP contribution in [0.2, 0.25) is 0 Å². The molecule has 0 fully saturated rings. The fraction of sp³-hybridized carbons (Fsp3) is 0.333. The van der Waals surface area contributed by atoms with Crippen LogP contribution in [0.1, 0.15) is 22.8 Å². The Labute approximate surface area is 128 Å². The number of ketones is 1. The highest BCUT2D eigenvalue weighted by Gasteiger charge is 2.28. The number of esters is 1. The molecule has 0 spiro atoms. The summed E-state index contributed by atoms with van der Waals surface area (Å²) in [6.45, 7) is 3.43. The molecule has 0 unspecified atom stereocenters. The maximum Gasteiger partial charge on any atom is 0.343 e. The molecule has 1 rings (SSSR count). The normalized spacial score (nSPS) is 11.0. The molecular weight excluding hydrogens is 288 g/mol. The third-order valence-electron chi connectivity index (χ3n) is 2.72. The quantitative estimate of drug-likeness (QED) is 0.152. The predicted octanol–water partition coefficient (Wildman–Crippen LogP) is 2.09. The van der Waals surface area contributed by atoms with E-state index in [1.54, 1.807) is 27.9 Å². The molecule has 0 saturated heterocycles. The van der Waals surface area contributed by atoms with Gasteiger partial charge in [-0.1, -0.05) is 6.07 Å². The van der Waals surface area contributed by atoms with Crippen LogP contribution >= 0.6 is 0 Å². The number of nitro groups is 1. The van der Waals surface area contributed by atoms with E-state index in [0.717, 1.165) is 0 Å². The minimum absolute atomic E-state index is 0.104. The Balaban J connectivity index is 3.40. The van der Waals surface area contributed by atoms with Crippen molar-refractivity contribution < 1.29 is 19.2 Å². The molecule has 1 aromatic rings. The Morgan fingerprint density at radius 2 is 2.00 bits per heavy atom. The second-order valence-corrected chi connectivity index (χ2v) is 4.83. The highest BCUT2D eigenvalue weighted by atomic mass is 16.6. The van der Waals surface area contributed by atoms with Crippen LogP contribution in [-0.4, -0.2) is 42.3 Å². The SMILES string of the molecule is CCOC(=O)/C(=C/N(C)C)C(=O)c1cc(C)ccc1[N+](=O)[O-]. The zero-order chi connectivity index (χ0) is 16.9. The molecule has 7 nitrogen and oxygen atoms in total. The zero-order valence-electron chi connectivity index (χ0n) is 13.0. The Morgan fingerprint density at radius 1 is 1.36 bits per heavy atom. The van der Waals surface area contributed by atoms with Gasteiger partial charge in [0.05, 0.1) is 11.5 Å². The molecule has 1 aromatic carbocycles. The number of benzene rings is 1. The number of Topliss-reactive ketones (excluding diaryl/α,β-unsaturated/α-hetero) is 1. The number of hydrogen-bond acceptors (Lipinski definition) is 6. The third kappa shape index (κ3) is 4.15. The van der Waals surface area contributed by atoms with Crippen molar-refractivity contribution in [3.63, 3.8) is 0 Å². The Hall–Kier alpha value is -2.70. The lowest BCUT2D eigenvalue weighted by molar-refractivity contribution is -0.385. The summed E-state index contributed by atoms with van der Waals surface area (Å²) in [5.41, 5.74) is -0.0433. The average molecular weight is 306 g/mol. The van der Waals surface area contributed by atoms with Gasteiger partial charge in [0.25, 0.3) is 5.69 Å². The van der Waals surface area contributed by atoms with E-state index in [1.165, 1.54) is 29.3 Å². The summed E-state index contributed by atoms with van der Waals surface area (Å²) in [4.78, 5) is 36.5. The third-order valence-corrected chi connectivity index (χ3v) is 2.72. The van der Waals surface area contributed by atoms with E-state index >= 15 is 0 Å². The van der Waals surface area contributed by atoms with E-state index in [4.69, 9.17) is 4.74 Å². The molecule has 7 heteroatoms. The first-order valence-corrected chi connectivity index (χ1v) is 6.63. The summed E-state index contributed by atoms with van der Waals surface area (Å²) in [5.74, 6) is -1.54. The number of ether oxygens (including phenoxy) is 1. The van der Waals surface area contributed by atoms with E-state index < -0.39 is 16.7 Å². The molecule has 22 heavy (non-hydrogen) atoms. The molecule has 0 aliphatic carbocycles. The van der Waals surface area contributed by atoms with Crippen LogP contribution in [0.4, 0.5) is 5.69 Å². The molecule has 118 valence electrons. The van der Waals surface area contributed by atoms with E-state index in [0.29, 0.717) is 5.56 Å². The van der Waals surface area contributed by atoms with Crippen molar-refractivity contribution in [2.45, 2.75) is 13.8 Å². The molecule has 0 aliphatic heterocycles. The molecule has 0 saturated carbocycles. The van der Waals surface area contributed by atoms with Crippen molar-refractivity contribution in [2.75, 3.05) is 20.7 Å². The van der Waals surface area contributed by atoms with Gasteiger partial charge in [0.2, 0.25) is 5.78 Å². The fourth-order valence-corrected chi connectivity index (χ4v) is 1.81. The van der Waals surface area contributed by atoms with Crippen LogP contribution < -0.4 is 0 Å². The van der Waals surface area contributed by atoms with Gasteiger partial charge < -0.3 is 9.64 Å². The summed E-state index contributed by atoms with van der Waals surface area (Å²) in [5, 5.41) is 11.1. The molecule has 0 bridgehead atoms. The van der Waals surface area contributed by atoms with Crippen LogP contribution in [0.15, 0.2) is 30.0 Å². The monoisotopic (exact) mass is 306 g/mol. The van der Waals surface area contributed by atoms with Crippen molar-refractivity contribution in [1.29, 1.82) is 0 Å². The molecule has 0 N–H and O–H groups in total. The van der Waals surface area contributed by atoms with E-state index in [9.17, 15) is 19.7 Å². The standard InChI is InChI=1S/C15H18N2O5/c1-5-22-15(19)12(9-16(3)4)14(18)11-8-10(2)6-7-13(11)17(20)21/h6-9H,5H2,1-4H3/b12-9+. The molecule has 0 aromatic heterocycles. The smallest absolute Gasteiger partial charge is 0.343 e. The fourth-order valence-electron chi connectivity index (χ4n) is 1.81. The lowest BCUT2D eigenvalue weighted by atomic mass is 10.00. The number of nitrogens with zero attached hydrogens (tertiary/aromatic N) is 2. The van der Waals surface area contributed by atoms with Crippen molar-refractivity contribution in [2.24, 2.45) is 0 Å². The van der Waals surface area contributed by atoms with Crippen molar-refractivity contribution >= 4 is 17.4 Å². The summed E-state index contributed by atoms with van der Waals surface area (Å²) >= 11 is 0. The van der Waals surface area contributed by atoms with Gasteiger partial charge >= 0.3 is 5.97 Å². The van der Waals surface area contributed by atoms with Gasteiger partial charge in [0, 0.05) is 26.4 Å². The second-order valence-electron chi connectivity index (χ2n) is 4.83. The average Bonchev–Trinajstić information content (AvgIpc) is 2.43. The van der Waals surface area contributed by atoms with Gasteiger partial charge in [-0.3, -0.25) is 14.9 Å². The van der Waals surface area contributed by atoms with Crippen LogP contribution in [0.5, 0.6) is 0 Å². The first-order valence-electron chi connectivity index (χ1n) is 6.63. The predicted molar refractivity (Wildman–Crippen MR) is 80.6 cm³/mol. The first-order chi connectivity index (χ1) is 10.3. The molecular formula is C15H18N2O5. The highest BCUT2D eigenvalue weighted by molar-refractivity contribution is 6.25. The Morgan fingerprint density at radius 3 is 2.50 bits per heavy atom. The minimum Gasteiger partial charge on any atom is -0.462 e. The molecule has 0 aliphatic rings. The Kier molecular flexibility index (Phi) is 5.80. The first kappa shape index (κ1) is 17.4. The van der Waals surface area contributed by atoms with E-state index in [2.05, 4.69) is 0 Å². The van der Waals surface area contributed by atoms with Crippen LogP contribution in [-0.2, 0) is 9.53 Å². The summed E-state index contributed by atoms with van der Waals surface area (Å²) in [6.07, 6.45) is 1.30. The zero-order valence-corrected chi connectivity index (χ0v) is 13.0. The maximum absolute atomic E-state index is 12.6. The number of hydrogen-bond donors (Lipinski definition) is 0. The molecule has 0 atom stereocenters. The van der Waals surface area contributed by atoms with Gasteiger partial charge in [-0.05, 0) is 25.5 Å². The second kappa shape index (κ2) is 7.35. The summed E-state index contributed by atoms with van der Waals surface area (Å²) in [6, 6.07) is 4.18. The lowest BCUT2D eigenvalue weighted by Crippen LogP contribution is -2.20. The minimum atomic E-state index is -0.808. The lowest BCUT2D eigenvalue weighted by Gasteiger charge is -2.11. The van der Waals surface area contributed by atoms with E-state index in [-0.39, 0.29) is 23.4 Å². The summed E-state index contributed by atoms with van der Waals surface area (Å²) in [7, 11) is 3.27. The van der Waals surface area contributed by atoms with Crippen LogP contribution in [0.25, 0.3) is 0 Å². The van der Waals surface area contributed by atoms with Crippen molar-refractivity contribution in [3.8, 4) is 0 Å². The van der Waals surface area contributed by atoms with Gasteiger partial charge in [-0.2, -0.15) is 0 Å². The van der Waals surface area contributed by atoms with Crippen LogP contribution in [0, 0.1) is 17.0 Å². The van der Waals surface area contributed by atoms with Crippen molar-refractivity contribution in [3.05, 3.63) is 51.2 Å². The summed E-state index contributed by atoms with van der Waals surface area (Å²) < 4.78 is 4.85. The van der Waals surface area contributed by atoms with Crippen LogP contribution in [0.3, 0.4) is 0 Å². The molecule has 0 amide bonds. The number of rotatable bonds is 6. The topological polar surface area (TPSA) is 89.8 Å². The Bertz CT molecular complexity index is 635. The van der Waals surface area contributed by atoms with Gasteiger partial charge in [-0.15, -0.1) is 0 Å². The highest BCUT2D eigenvalue weighted by Crippen LogP contribution is 2.23. The van der Waals surface area contributed by atoms with Gasteiger partial charge in [0.15, 0.2) is 0 Å². The largest absolute Gasteiger partial charge is 0.462 e. The number of carbonyl (C=O) groups is 2. The number of nitro benzene ring substituents is 1. The number of carbonyl (C=O) groups excluding carboxylic acids is 2. The van der Waals surface area contributed by atoms with Crippen molar-refractivity contribution in [1.82, 2.24) is 4.90 Å². The molecule has 0 heterocycles. The van der Waals surface area contributed by atoms with Gasteiger partial charge in [-0.25, -0.2) is 4.79 Å². The number of aryl methyl sites for hydroxylation is 1. The molecule has 0 radical (unpaired) electrons. The van der Waals surface area contributed by atoms with E-state index in [1.807, 2.05) is 0 Å². The van der Waals surface area contributed by atoms with Gasteiger partial charge in [0.1, 0.15) is 11.1 Å².